The zero-order valence-corrected chi connectivity index (χ0v) is 16.0. The van der Waals surface area contributed by atoms with Crippen LogP contribution in [0.1, 0.15) is 5.82 Å². The smallest absolute Gasteiger partial charge is 0.321 e. The van der Waals surface area contributed by atoms with E-state index in [4.69, 9.17) is 0 Å². The van der Waals surface area contributed by atoms with Crippen molar-refractivity contribution in [1.82, 2.24) is 24.3 Å². The highest BCUT2D eigenvalue weighted by atomic mass is 32.1. The van der Waals surface area contributed by atoms with Crippen LogP contribution in [0.3, 0.4) is 0 Å². The predicted octanol–water partition coefficient (Wildman–Crippen LogP) is 2.89. The van der Waals surface area contributed by atoms with Crippen LogP contribution in [0.2, 0.25) is 0 Å². The van der Waals surface area contributed by atoms with Gasteiger partial charge in [0.05, 0.1) is 17.7 Å². The van der Waals surface area contributed by atoms with Crippen molar-refractivity contribution in [2.75, 3.05) is 31.5 Å². The maximum atomic E-state index is 12.5. The second-order valence-electron chi connectivity index (χ2n) is 6.60. The molecule has 1 N–H and O–H groups in total. The Bertz CT molecular complexity index is 881. The average molecular weight is 382 g/mol. The van der Waals surface area contributed by atoms with Gasteiger partial charge in [0.25, 0.3) is 0 Å². The summed E-state index contributed by atoms with van der Waals surface area (Å²) in [6, 6.07) is 7.76. The molecule has 0 aliphatic carbocycles. The van der Waals surface area contributed by atoms with Crippen molar-refractivity contribution in [2.45, 2.75) is 6.54 Å². The zero-order valence-electron chi connectivity index (χ0n) is 15.2. The summed E-state index contributed by atoms with van der Waals surface area (Å²) in [6.07, 6.45) is 3.78. The number of aryl methyl sites for hydroxylation is 1. The molecule has 3 heterocycles. The number of rotatable bonds is 4. The molecule has 0 radical (unpaired) electrons. The zero-order chi connectivity index (χ0) is 18.6. The Balaban J connectivity index is 1.29. The quantitative estimate of drug-likeness (QED) is 0.753. The fourth-order valence-electron chi connectivity index (χ4n) is 3.14. The predicted molar refractivity (Wildman–Crippen MR) is 107 cm³/mol. The van der Waals surface area contributed by atoms with Gasteiger partial charge in [0.2, 0.25) is 0 Å². The third-order valence-corrected chi connectivity index (χ3v) is 5.40. The molecule has 0 unspecified atom stereocenters. The molecule has 3 aromatic rings. The number of carbonyl (C=O) groups is 1. The van der Waals surface area contributed by atoms with E-state index in [1.807, 2.05) is 64.1 Å². The molecule has 1 saturated heterocycles. The van der Waals surface area contributed by atoms with Gasteiger partial charge in [0.15, 0.2) is 0 Å². The van der Waals surface area contributed by atoms with Crippen molar-refractivity contribution in [3.63, 3.8) is 0 Å². The normalized spacial score (nSPS) is 15.1. The molecule has 2 amide bonds. The Morgan fingerprint density at radius 3 is 2.56 bits per heavy atom. The standard InChI is InChI=1S/C19H22N6OS/c1-23-7-6-20-18(23)12-24-8-10-25(11-9-24)19(26)22-16-4-2-15(3-5-16)17-13-27-14-21-17/h2-7,13-14H,8-12H2,1H3,(H,22,26). The minimum atomic E-state index is -0.0481. The first kappa shape index (κ1) is 17.7. The van der Waals surface area contributed by atoms with Crippen molar-refractivity contribution in [2.24, 2.45) is 7.05 Å². The van der Waals surface area contributed by atoms with Gasteiger partial charge in [-0.15, -0.1) is 11.3 Å². The fourth-order valence-corrected chi connectivity index (χ4v) is 3.70. The molecule has 1 aromatic carbocycles. The molecular weight excluding hydrogens is 360 g/mol. The van der Waals surface area contributed by atoms with E-state index in [1.165, 1.54) is 0 Å². The monoisotopic (exact) mass is 382 g/mol. The molecule has 4 rings (SSSR count). The molecule has 0 spiro atoms. The summed E-state index contributed by atoms with van der Waals surface area (Å²) in [5, 5.41) is 5.00. The van der Waals surface area contributed by atoms with Gasteiger partial charge in [-0.3, -0.25) is 4.90 Å². The van der Waals surface area contributed by atoms with Crippen LogP contribution in [0, 0.1) is 0 Å². The van der Waals surface area contributed by atoms with Crippen molar-refractivity contribution >= 4 is 23.1 Å². The fraction of sp³-hybridized carbons (Fsp3) is 0.316. The van der Waals surface area contributed by atoms with Crippen molar-refractivity contribution in [1.29, 1.82) is 0 Å². The van der Waals surface area contributed by atoms with E-state index in [2.05, 4.69) is 20.2 Å². The first-order valence-electron chi connectivity index (χ1n) is 8.92. The number of nitrogens with one attached hydrogen (secondary N) is 1. The summed E-state index contributed by atoms with van der Waals surface area (Å²) in [7, 11) is 2.01. The van der Waals surface area contributed by atoms with Gasteiger partial charge >= 0.3 is 6.03 Å². The number of benzene rings is 1. The van der Waals surface area contributed by atoms with Crippen molar-refractivity contribution < 1.29 is 4.79 Å². The molecule has 140 valence electrons. The number of urea groups is 1. The summed E-state index contributed by atoms with van der Waals surface area (Å²) in [5.74, 6) is 1.05. The first-order valence-corrected chi connectivity index (χ1v) is 9.86. The third kappa shape index (κ3) is 4.17. The SMILES string of the molecule is Cn1ccnc1CN1CCN(C(=O)Nc2ccc(-c3cscn3)cc2)CC1. The van der Waals surface area contributed by atoms with Crippen LogP contribution in [0.15, 0.2) is 47.5 Å². The molecule has 0 atom stereocenters. The van der Waals surface area contributed by atoms with Gasteiger partial charge in [0.1, 0.15) is 5.82 Å². The van der Waals surface area contributed by atoms with Crippen molar-refractivity contribution in [3.8, 4) is 11.3 Å². The molecule has 1 aliphatic rings. The number of hydrogen-bond acceptors (Lipinski definition) is 5. The molecule has 2 aromatic heterocycles. The molecule has 27 heavy (non-hydrogen) atoms. The number of anilines is 1. The minimum absolute atomic E-state index is 0.0481. The number of imidazole rings is 1. The van der Waals surface area contributed by atoms with E-state index in [0.717, 1.165) is 42.4 Å². The number of thiazole rings is 1. The Hall–Kier alpha value is -2.71. The van der Waals surface area contributed by atoms with Gasteiger partial charge in [0, 0.05) is 62.3 Å². The van der Waals surface area contributed by atoms with E-state index in [1.54, 1.807) is 11.3 Å². The Morgan fingerprint density at radius 2 is 1.93 bits per heavy atom. The second kappa shape index (κ2) is 7.89. The van der Waals surface area contributed by atoms with E-state index in [0.29, 0.717) is 13.1 Å². The lowest BCUT2D eigenvalue weighted by Gasteiger charge is -2.34. The summed E-state index contributed by atoms with van der Waals surface area (Å²) in [6.45, 7) is 3.95. The van der Waals surface area contributed by atoms with Crippen LogP contribution < -0.4 is 5.32 Å². The topological polar surface area (TPSA) is 66.3 Å². The highest BCUT2D eigenvalue weighted by Gasteiger charge is 2.22. The second-order valence-corrected chi connectivity index (χ2v) is 7.32. The molecule has 1 fully saturated rings. The highest BCUT2D eigenvalue weighted by Crippen LogP contribution is 2.21. The maximum Gasteiger partial charge on any atom is 0.321 e. The number of amides is 2. The Kier molecular flexibility index (Phi) is 5.17. The number of aromatic nitrogens is 3. The Labute approximate surface area is 162 Å². The van der Waals surface area contributed by atoms with Gasteiger partial charge < -0.3 is 14.8 Å². The van der Waals surface area contributed by atoms with E-state index in [9.17, 15) is 4.79 Å². The van der Waals surface area contributed by atoms with Crippen LogP contribution in [0.4, 0.5) is 10.5 Å². The molecule has 1 aliphatic heterocycles. The third-order valence-electron chi connectivity index (χ3n) is 4.81. The molecule has 0 bridgehead atoms. The van der Waals surface area contributed by atoms with Crippen LogP contribution in [-0.2, 0) is 13.6 Å². The Morgan fingerprint density at radius 1 is 1.15 bits per heavy atom. The number of piperazine rings is 1. The van der Waals surface area contributed by atoms with E-state index < -0.39 is 0 Å². The molecule has 0 saturated carbocycles. The lowest BCUT2D eigenvalue weighted by atomic mass is 10.1. The number of carbonyl (C=O) groups excluding carboxylic acids is 1. The first-order chi connectivity index (χ1) is 13.2. The van der Waals surface area contributed by atoms with Crippen LogP contribution >= 0.6 is 11.3 Å². The van der Waals surface area contributed by atoms with E-state index >= 15 is 0 Å². The van der Waals surface area contributed by atoms with Crippen LogP contribution in [0.5, 0.6) is 0 Å². The maximum absolute atomic E-state index is 12.5. The largest absolute Gasteiger partial charge is 0.337 e. The van der Waals surface area contributed by atoms with Crippen molar-refractivity contribution in [3.05, 3.63) is 53.4 Å². The molecule has 7 nitrogen and oxygen atoms in total. The average Bonchev–Trinajstić information content (AvgIpc) is 3.36. The minimum Gasteiger partial charge on any atom is -0.337 e. The van der Waals surface area contributed by atoms with E-state index in [-0.39, 0.29) is 6.03 Å². The molecular formula is C19H22N6OS. The van der Waals surface area contributed by atoms with Gasteiger partial charge in [-0.1, -0.05) is 12.1 Å². The van der Waals surface area contributed by atoms with Gasteiger partial charge in [-0.2, -0.15) is 0 Å². The lowest BCUT2D eigenvalue weighted by molar-refractivity contribution is 0.140. The number of nitrogens with zero attached hydrogens (tertiary/aromatic N) is 5. The summed E-state index contributed by atoms with van der Waals surface area (Å²) >= 11 is 1.57. The summed E-state index contributed by atoms with van der Waals surface area (Å²) < 4.78 is 2.04. The highest BCUT2D eigenvalue weighted by molar-refractivity contribution is 7.07. The summed E-state index contributed by atoms with van der Waals surface area (Å²) in [4.78, 5) is 25.4. The summed E-state index contributed by atoms with van der Waals surface area (Å²) in [5.41, 5.74) is 4.63. The lowest BCUT2D eigenvalue weighted by Crippen LogP contribution is -2.49. The van der Waals surface area contributed by atoms with Gasteiger partial charge in [-0.05, 0) is 12.1 Å². The molecule has 8 heteroatoms. The van der Waals surface area contributed by atoms with Crippen LogP contribution in [-0.4, -0.2) is 56.5 Å². The van der Waals surface area contributed by atoms with Crippen LogP contribution in [0.25, 0.3) is 11.3 Å². The van der Waals surface area contributed by atoms with Gasteiger partial charge in [-0.25, -0.2) is 14.8 Å². The number of hydrogen-bond donors (Lipinski definition) is 1.